The van der Waals surface area contributed by atoms with E-state index in [9.17, 15) is 0 Å². The molecule has 5 aromatic rings. The molecule has 0 saturated heterocycles. The number of benzene rings is 3. The molecule has 5 rings (SSSR count). The van der Waals surface area contributed by atoms with Crippen molar-refractivity contribution in [2.24, 2.45) is 0 Å². The molecule has 28 heavy (non-hydrogen) atoms. The summed E-state index contributed by atoms with van der Waals surface area (Å²) in [6.07, 6.45) is 0. The molecule has 0 amide bonds. The number of aromatic amines is 2. The molecule has 0 unspecified atom stereocenters. The smallest absolute Gasteiger partial charge is 0.138 e. The standard InChI is InChI=1S/C24H22N4/c1-13-9-15(3)21-19(11-13)25-23(27-21)17-5-7-18(8-6-17)24-26-20-12-14(2)10-16(4)22(20)28-24/h5-12H,1-4H3,(H,25,27)(H,26,28). The van der Waals surface area contributed by atoms with Gasteiger partial charge in [-0.25, -0.2) is 9.97 Å². The molecule has 0 saturated carbocycles. The highest BCUT2D eigenvalue weighted by Gasteiger charge is 2.11. The lowest BCUT2D eigenvalue weighted by Crippen LogP contribution is -1.83. The molecule has 138 valence electrons. The van der Waals surface area contributed by atoms with E-state index in [4.69, 9.17) is 9.97 Å². The number of fused-ring (bicyclic) bond motifs is 2. The lowest BCUT2D eigenvalue weighted by atomic mass is 10.1. The lowest BCUT2D eigenvalue weighted by Gasteiger charge is -1.99. The lowest BCUT2D eigenvalue weighted by molar-refractivity contribution is 1.31. The molecule has 4 heteroatoms. The topological polar surface area (TPSA) is 57.4 Å². The minimum absolute atomic E-state index is 0.895. The summed E-state index contributed by atoms with van der Waals surface area (Å²) in [5.41, 5.74) is 11.3. The Labute approximate surface area is 163 Å². The van der Waals surface area contributed by atoms with Gasteiger partial charge in [0, 0.05) is 11.1 Å². The summed E-state index contributed by atoms with van der Waals surface area (Å²) in [7, 11) is 0. The fraction of sp³-hybridized carbons (Fsp3) is 0.167. The largest absolute Gasteiger partial charge is 0.338 e. The zero-order valence-corrected chi connectivity index (χ0v) is 16.5. The van der Waals surface area contributed by atoms with Crippen LogP contribution in [0.25, 0.3) is 44.8 Å². The molecule has 0 fully saturated rings. The van der Waals surface area contributed by atoms with Gasteiger partial charge in [-0.3, -0.25) is 0 Å². The minimum Gasteiger partial charge on any atom is -0.338 e. The molecule has 0 aliphatic rings. The highest BCUT2D eigenvalue weighted by molar-refractivity contribution is 5.84. The van der Waals surface area contributed by atoms with Crippen LogP contribution < -0.4 is 0 Å². The summed E-state index contributed by atoms with van der Waals surface area (Å²) in [6, 6.07) is 17.0. The minimum atomic E-state index is 0.895. The second-order valence-electron chi connectivity index (χ2n) is 7.70. The number of aromatic nitrogens is 4. The van der Waals surface area contributed by atoms with Crippen LogP contribution in [0.1, 0.15) is 22.3 Å². The Morgan fingerprint density at radius 2 is 0.964 bits per heavy atom. The number of nitrogens with zero attached hydrogens (tertiary/aromatic N) is 2. The molecule has 2 heterocycles. The maximum Gasteiger partial charge on any atom is 0.138 e. The van der Waals surface area contributed by atoms with Gasteiger partial charge in [-0.05, 0) is 62.1 Å². The van der Waals surface area contributed by atoms with Crippen molar-refractivity contribution in [1.82, 2.24) is 19.9 Å². The molecule has 0 aliphatic heterocycles. The number of nitrogens with one attached hydrogen (secondary N) is 2. The Kier molecular flexibility index (Phi) is 3.63. The fourth-order valence-electron chi connectivity index (χ4n) is 4.00. The predicted molar refractivity (Wildman–Crippen MR) is 116 cm³/mol. The average molecular weight is 366 g/mol. The molecule has 0 aliphatic carbocycles. The summed E-state index contributed by atoms with van der Waals surface area (Å²) in [4.78, 5) is 16.5. The van der Waals surface area contributed by atoms with Gasteiger partial charge in [0.15, 0.2) is 0 Å². The van der Waals surface area contributed by atoms with Crippen molar-refractivity contribution in [3.8, 4) is 22.8 Å². The molecule has 4 nitrogen and oxygen atoms in total. The van der Waals surface area contributed by atoms with Crippen molar-refractivity contribution in [3.63, 3.8) is 0 Å². The SMILES string of the molecule is Cc1cc(C)c2nc(-c3ccc(-c4nc5c(C)cc(C)cc5[nH]4)cc3)[nH]c2c1. The normalized spacial score (nSPS) is 11.6. The van der Waals surface area contributed by atoms with E-state index >= 15 is 0 Å². The zero-order chi connectivity index (χ0) is 19.4. The summed E-state index contributed by atoms with van der Waals surface area (Å²) in [5, 5.41) is 0. The second kappa shape index (κ2) is 6.06. The van der Waals surface area contributed by atoms with Crippen LogP contribution in [0.2, 0.25) is 0 Å². The van der Waals surface area contributed by atoms with Crippen molar-refractivity contribution in [2.45, 2.75) is 27.7 Å². The first-order valence-electron chi connectivity index (χ1n) is 9.53. The van der Waals surface area contributed by atoms with Gasteiger partial charge in [0.25, 0.3) is 0 Å². The van der Waals surface area contributed by atoms with E-state index in [0.717, 1.165) is 44.8 Å². The molecule has 0 atom stereocenters. The zero-order valence-electron chi connectivity index (χ0n) is 16.5. The Bertz CT molecular complexity index is 1230. The molecule has 0 radical (unpaired) electrons. The first-order chi connectivity index (χ1) is 13.5. The Morgan fingerprint density at radius 3 is 1.36 bits per heavy atom. The molecule has 0 spiro atoms. The van der Waals surface area contributed by atoms with Crippen molar-refractivity contribution in [3.05, 3.63) is 70.8 Å². The van der Waals surface area contributed by atoms with Crippen LogP contribution in [0, 0.1) is 27.7 Å². The molecule has 3 aromatic carbocycles. The van der Waals surface area contributed by atoms with Crippen LogP contribution in [-0.4, -0.2) is 19.9 Å². The summed E-state index contributed by atoms with van der Waals surface area (Å²) < 4.78 is 0. The van der Waals surface area contributed by atoms with Crippen molar-refractivity contribution in [2.75, 3.05) is 0 Å². The molecular weight excluding hydrogens is 344 g/mol. The average Bonchev–Trinajstić information content (AvgIpc) is 3.26. The molecule has 0 bridgehead atoms. The van der Waals surface area contributed by atoms with E-state index in [1.807, 2.05) is 0 Å². The number of hydrogen-bond donors (Lipinski definition) is 2. The summed E-state index contributed by atoms with van der Waals surface area (Å²) in [6.45, 7) is 8.43. The molecular formula is C24H22N4. The maximum absolute atomic E-state index is 4.80. The third-order valence-corrected chi connectivity index (χ3v) is 5.27. The van der Waals surface area contributed by atoms with Gasteiger partial charge < -0.3 is 9.97 Å². The van der Waals surface area contributed by atoms with Gasteiger partial charge >= 0.3 is 0 Å². The third-order valence-electron chi connectivity index (χ3n) is 5.27. The fourth-order valence-corrected chi connectivity index (χ4v) is 4.00. The van der Waals surface area contributed by atoms with E-state index in [-0.39, 0.29) is 0 Å². The van der Waals surface area contributed by atoms with Gasteiger partial charge in [0.05, 0.1) is 22.1 Å². The third kappa shape index (κ3) is 2.69. The number of aryl methyl sites for hydroxylation is 4. The van der Waals surface area contributed by atoms with E-state index < -0.39 is 0 Å². The van der Waals surface area contributed by atoms with Crippen LogP contribution in [-0.2, 0) is 0 Å². The highest BCUT2D eigenvalue weighted by atomic mass is 14.9. The Morgan fingerprint density at radius 1 is 0.571 bits per heavy atom. The summed E-state index contributed by atoms with van der Waals surface area (Å²) in [5.74, 6) is 1.79. The number of imidazole rings is 2. The number of rotatable bonds is 2. The van der Waals surface area contributed by atoms with E-state index in [1.54, 1.807) is 0 Å². The predicted octanol–water partition coefficient (Wildman–Crippen LogP) is 6.01. The Balaban J connectivity index is 1.54. The van der Waals surface area contributed by atoms with E-state index in [0.29, 0.717) is 0 Å². The molecule has 2 N–H and O–H groups in total. The van der Waals surface area contributed by atoms with E-state index in [2.05, 4.69) is 86.2 Å². The van der Waals surface area contributed by atoms with Gasteiger partial charge in [0.2, 0.25) is 0 Å². The van der Waals surface area contributed by atoms with Crippen LogP contribution in [0.4, 0.5) is 0 Å². The van der Waals surface area contributed by atoms with Crippen molar-refractivity contribution >= 4 is 22.1 Å². The first kappa shape index (κ1) is 16.8. The van der Waals surface area contributed by atoms with Crippen LogP contribution >= 0.6 is 0 Å². The van der Waals surface area contributed by atoms with Crippen molar-refractivity contribution in [1.29, 1.82) is 0 Å². The quantitative estimate of drug-likeness (QED) is 0.402. The summed E-state index contributed by atoms with van der Waals surface area (Å²) >= 11 is 0. The van der Waals surface area contributed by atoms with Crippen LogP contribution in [0.15, 0.2) is 48.5 Å². The van der Waals surface area contributed by atoms with Crippen molar-refractivity contribution < 1.29 is 0 Å². The maximum atomic E-state index is 4.80. The Hall–Kier alpha value is -3.40. The van der Waals surface area contributed by atoms with Gasteiger partial charge in [0.1, 0.15) is 11.6 Å². The monoisotopic (exact) mass is 366 g/mol. The van der Waals surface area contributed by atoms with Gasteiger partial charge in [-0.2, -0.15) is 0 Å². The molecule has 2 aromatic heterocycles. The second-order valence-corrected chi connectivity index (χ2v) is 7.70. The van der Waals surface area contributed by atoms with Crippen LogP contribution in [0.5, 0.6) is 0 Å². The van der Waals surface area contributed by atoms with Gasteiger partial charge in [-0.1, -0.05) is 36.4 Å². The number of H-pyrrole nitrogens is 2. The number of hydrogen-bond acceptors (Lipinski definition) is 2. The highest BCUT2D eigenvalue weighted by Crippen LogP contribution is 2.27. The van der Waals surface area contributed by atoms with Gasteiger partial charge in [-0.15, -0.1) is 0 Å². The van der Waals surface area contributed by atoms with E-state index in [1.165, 1.54) is 22.3 Å². The first-order valence-corrected chi connectivity index (χ1v) is 9.53. The van der Waals surface area contributed by atoms with Crippen LogP contribution in [0.3, 0.4) is 0 Å².